The van der Waals surface area contributed by atoms with Gasteiger partial charge in [0, 0.05) is 0 Å². The van der Waals surface area contributed by atoms with Crippen LogP contribution in [-0.2, 0) is 0 Å². The summed E-state index contributed by atoms with van der Waals surface area (Å²) in [6, 6.07) is 0. The Kier molecular flexibility index (Phi) is 5.12. The highest BCUT2D eigenvalue weighted by atomic mass is 24.3. The fraction of sp³-hybridized carbons (Fsp3) is 0.750. The van der Waals surface area contributed by atoms with Crippen LogP contribution < -0.4 is 0 Å². The molecule has 0 saturated carbocycles. The van der Waals surface area contributed by atoms with Gasteiger partial charge in [0.05, 0.1) is 0 Å². The Morgan fingerprint density at radius 3 is 0.643 bits per heavy atom. The average molecular weight is 245 g/mol. The molecule has 0 atom stereocenters. The van der Waals surface area contributed by atoms with Gasteiger partial charge in [-0.05, 0) is 0 Å². The van der Waals surface area contributed by atoms with E-state index in [2.05, 4.69) is 0 Å². The van der Waals surface area contributed by atoms with Crippen molar-refractivity contribution in [1.29, 1.82) is 0 Å². The fourth-order valence-electron chi connectivity index (χ4n) is 0.482. The van der Waals surface area contributed by atoms with E-state index in [9.17, 15) is 39.5 Å². The summed E-state index contributed by atoms with van der Waals surface area (Å²) in [5.41, 5.74) is 0. The number of halogens is 9. The molecule has 0 aromatic rings. The van der Waals surface area contributed by atoms with Crippen LogP contribution in [0, 0.1) is 5.92 Å². The molecule has 0 unspecified atom stereocenters. The van der Waals surface area contributed by atoms with E-state index in [1.165, 1.54) is 0 Å². The molecular formula is C4H2F9Mg. The number of hydrogen-bond acceptors (Lipinski definition) is 0. The normalized spacial score (nSPS) is 14.1. The lowest BCUT2D eigenvalue weighted by molar-refractivity contribution is -0.277. The van der Waals surface area contributed by atoms with Gasteiger partial charge in [-0.25, -0.2) is 0 Å². The zero-order chi connectivity index (χ0) is 11.1. The van der Waals surface area contributed by atoms with E-state index in [-0.39, 0.29) is 23.1 Å². The standard InChI is InChI=1S/C4F9.Mg.2H/c5-2(6,7)1(3(8,9)10)4(11,12)13;;;. The molecule has 0 aliphatic heterocycles. The van der Waals surface area contributed by atoms with Gasteiger partial charge in [-0.3, -0.25) is 0 Å². The lowest BCUT2D eigenvalue weighted by Gasteiger charge is -2.23. The third-order valence-corrected chi connectivity index (χ3v) is 0.850. The van der Waals surface area contributed by atoms with Crippen LogP contribution in [0.4, 0.5) is 39.5 Å². The topological polar surface area (TPSA) is 0 Å². The van der Waals surface area contributed by atoms with E-state index >= 15 is 0 Å². The molecule has 0 nitrogen and oxygen atoms in total. The molecule has 0 aromatic heterocycles. The minimum atomic E-state index is -6.45. The summed E-state index contributed by atoms with van der Waals surface area (Å²) >= 11 is 0. The van der Waals surface area contributed by atoms with Crippen molar-refractivity contribution in [3.05, 3.63) is 5.92 Å². The first-order valence-electron chi connectivity index (χ1n) is 2.45. The Morgan fingerprint density at radius 1 is 0.500 bits per heavy atom. The average Bonchev–Trinajstić information content (AvgIpc) is 1.44. The largest absolute Gasteiger partial charge is 0.413 e. The van der Waals surface area contributed by atoms with Crippen LogP contribution in [0.3, 0.4) is 0 Å². The zero-order valence-electron chi connectivity index (χ0n) is 5.40. The monoisotopic (exact) mass is 245 g/mol. The van der Waals surface area contributed by atoms with Crippen LogP contribution in [0.25, 0.3) is 0 Å². The van der Waals surface area contributed by atoms with E-state index in [1.807, 2.05) is 0 Å². The molecule has 0 bridgehead atoms. The van der Waals surface area contributed by atoms with Gasteiger partial charge in [0.2, 0.25) is 0 Å². The van der Waals surface area contributed by atoms with Crippen LogP contribution in [0.1, 0.15) is 0 Å². The maximum atomic E-state index is 11.2. The van der Waals surface area contributed by atoms with Gasteiger partial charge < -0.3 is 0 Å². The molecule has 0 aromatic carbocycles. The summed E-state index contributed by atoms with van der Waals surface area (Å²) in [4.78, 5) is 0. The molecule has 0 amide bonds. The Balaban J connectivity index is 0. The molecule has 0 rings (SSSR count). The Labute approximate surface area is 87.6 Å². The highest BCUT2D eigenvalue weighted by Crippen LogP contribution is 2.50. The van der Waals surface area contributed by atoms with E-state index in [0.29, 0.717) is 0 Å². The first-order chi connectivity index (χ1) is 5.37. The fourth-order valence-corrected chi connectivity index (χ4v) is 0.482. The Morgan fingerprint density at radius 2 is 0.643 bits per heavy atom. The first kappa shape index (κ1) is 16.6. The lowest BCUT2D eigenvalue weighted by atomic mass is 10.1. The van der Waals surface area contributed by atoms with Gasteiger partial charge in [-0.2, -0.15) is 39.5 Å². The summed E-state index contributed by atoms with van der Waals surface area (Å²) < 4.78 is 101. The van der Waals surface area contributed by atoms with Gasteiger partial charge in [0.25, 0.3) is 5.92 Å². The van der Waals surface area contributed by atoms with Crippen molar-refractivity contribution in [3.8, 4) is 0 Å². The third kappa shape index (κ3) is 4.58. The minimum Gasteiger partial charge on any atom is -0.170 e. The van der Waals surface area contributed by atoms with Crippen LogP contribution in [0.2, 0.25) is 0 Å². The van der Waals surface area contributed by atoms with E-state index in [1.54, 1.807) is 0 Å². The second-order valence-corrected chi connectivity index (χ2v) is 1.87. The van der Waals surface area contributed by atoms with E-state index in [4.69, 9.17) is 0 Å². The summed E-state index contributed by atoms with van der Waals surface area (Å²) in [6.45, 7) is 0. The molecule has 0 aliphatic rings. The predicted molar refractivity (Wildman–Crippen MR) is 30.0 cm³/mol. The molecule has 10 heteroatoms. The van der Waals surface area contributed by atoms with Crippen molar-refractivity contribution < 1.29 is 39.5 Å². The summed E-state index contributed by atoms with van der Waals surface area (Å²) in [5, 5.41) is 0. The number of alkyl halides is 9. The molecule has 0 spiro atoms. The molecule has 0 fully saturated rings. The minimum absolute atomic E-state index is 0. The quantitative estimate of drug-likeness (QED) is 0.454. The Bertz CT molecular complexity index is 139. The van der Waals surface area contributed by atoms with Gasteiger partial charge in [0.15, 0.2) is 0 Å². The van der Waals surface area contributed by atoms with Crippen molar-refractivity contribution in [2.45, 2.75) is 18.5 Å². The molecule has 0 saturated heterocycles. The van der Waals surface area contributed by atoms with Crippen molar-refractivity contribution in [2.75, 3.05) is 0 Å². The maximum absolute atomic E-state index is 11.2. The third-order valence-electron chi connectivity index (χ3n) is 0.850. The van der Waals surface area contributed by atoms with Crippen LogP contribution in [0.5, 0.6) is 0 Å². The highest BCUT2D eigenvalue weighted by molar-refractivity contribution is 5.75. The van der Waals surface area contributed by atoms with Gasteiger partial charge in [-0.1, -0.05) is 0 Å². The van der Waals surface area contributed by atoms with Gasteiger partial charge in [-0.15, -0.1) is 0 Å². The number of hydrogen-bond donors (Lipinski definition) is 0. The molecule has 83 valence electrons. The van der Waals surface area contributed by atoms with E-state index < -0.39 is 24.4 Å². The van der Waals surface area contributed by atoms with Crippen molar-refractivity contribution >= 4 is 23.1 Å². The van der Waals surface area contributed by atoms with Crippen molar-refractivity contribution in [1.82, 2.24) is 0 Å². The highest BCUT2D eigenvalue weighted by Gasteiger charge is 2.71. The predicted octanol–water partition coefficient (Wildman–Crippen LogP) is 2.33. The smallest absolute Gasteiger partial charge is 0.170 e. The summed E-state index contributed by atoms with van der Waals surface area (Å²) in [7, 11) is 0. The SMILES string of the molecule is FC(F)(F)[C](C(F)(F)F)C(F)(F)F.[MgH2]. The van der Waals surface area contributed by atoms with E-state index in [0.717, 1.165) is 0 Å². The molecule has 14 heavy (non-hydrogen) atoms. The second kappa shape index (κ2) is 4.33. The second-order valence-electron chi connectivity index (χ2n) is 1.87. The Hall–Kier alpha value is 0.136. The zero-order valence-corrected chi connectivity index (χ0v) is 5.40. The van der Waals surface area contributed by atoms with Crippen LogP contribution in [-0.4, -0.2) is 41.6 Å². The summed E-state index contributed by atoms with van der Waals surface area (Å²) in [5.74, 6) is -4.35. The van der Waals surface area contributed by atoms with Crippen LogP contribution >= 0.6 is 0 Å². The van der Waals surface area contributed by atoms with Gasteiger partial charge >= 0.3 is 41.6 Å². The van der Waals surface area contributed by atoms with Crippen LogP contribution in [0.15, 0.2) is 0 Å². The lowest BCUT2D eigenvalue weighted by Crippen LogP contribution is -2.44. The maximum Gasteiger partial charge on any atom is 0.413 e. The molecular weight excluding hydrogens is 243 g/mol. The molecule has 0 N–H and O–H groups in total. The van der Waals surface area contributed by atoms with Crippen molar-refractivity contribution in [3.63, 3.8) is 0 Å². The molecule has 0 aliphatic carbocycles. The molecule has 0 heterocycles. The summed E-state index contributed by atoms with van der Waals surface area (Å²) in [6.07, 6.45) is -19.3. The van der Waals surface area contributed by atoms with Crippen molar-refractivity contribution in [2.24, 2.45) is 0 Å². The molecule has 1 radical (unpaired) electrons. The number of rotatable bonds is 0. The first-order valence-corrected chi connectivity index (χ1v) is 2.45. The van der Waals surface area contributed by atoms with Gasteiger partial charge in [0.1, 0.15) is 0 Å².